The van der Waals surface area contributed by atoms with Gasteiger partial charge in [-0.3, -0.25) is 4.79 Å². The molecule has 0 spiro atoms. The minimum atomic E-state index is -0.369. The van der Waals surface area contributed by atoms with Gasteiger partial charge in [0.2, 0.25) is 0 Å². The van der Waals surface area contributed by atoms with Crippen LogP contribution in [0.3, 0.4) is 0 Å². The zero-order valence-corrected chi connectivity index (χ0v) is 16.0. The van der Waals surface area contributed by atoms with Gasteiger partial charge >= 0.3 is 0 Å². The van der Waals surface area contributed by atoms with Crippen molar-refractivity contribution in [3.05, 3.63) is 40.7 Å². The standard InChI is InChI=1S/C19H18N2O5S/c1-21-14-9-15-16(26-5-4-25-15)10-17(14)27-19(21)20-18(22)11-6-12(23-2)8-13(7-11)24-3/h6-10H,4-5H2,1-3H3. The molecule has 27 heavy (non-hydrogen) atoms. The second kappa shape index (κ2) is 6.96. The molecule has 0 aliphatic carbocycles. The summed E-state index contributed by atoms with van der Waals surface area (Å²) in [6.45, 7) is 1.06. The number of aryl methyl sites for hydroxylation is 1. The number of carbonyl (C=O) groups excluding carboxylic acids is 1. The van der Waals surface area contributed by atoms with Gasteiger partial charge in [-0.2, -0.15) is 4.99 Å². The van der Waals surface area contributed by atoms with Crippen LogP contribution in [-0.4, -0.2) is 37.9 Å². The van der Waals surface area contributed by atoms with Crippen molar-refractivity contribution in [3.63, 3.8) is 0 Å². The molecule has 1 aliphatic heterocycles. The maximum Gasteiger partial charge on any atom is 0.279 e. The monoisotopic (exact) mass is 386 g/mol. The smallest absolute Gasteiger partial charge is 0.279 e. The normalized spacial score (nSPS) is 13.7. The number of amides is 1. The first-order chi connectivity index (χ1) is 13.1. The SMILES string of the molecule is COc1cc(OC)cc(C(=O)N=c2sc3cc4c(cc3n2C)OCCO4)c1. The van der Waals surface area contributed by atoms with Crippen LogP contribution >= 0.6 is 11.3 Å². The van der Waals surface area contributed by atoms with Gasteiger partial charge in [0.25, 0.3) is 5.91 Å². The minimum Gasteiger partial charge on any atom is -0.497 e. The fourth-order valence-electron chi connectivity index (χ4n) is 2.85. The number of hydrogen-bond acceptors (Lipinski definition) is 6. The second-order valence-corrected chi connectivity index (χ2v) is 6.93. The molecule has 0 atom stereocenters. The van der Waals surface area contributed by atoms with Crippen LogP contribution in [0.5, 0.6) is 23.0 Å². The molecule has 2 aromatic carbocycles. The first-order valence-corrected chi connectivity index (χ1v) is 9.12. The summed E-state index contributed by atoms with van der Waals surface area (Å²) in [6.07, 6.45) is 0. The molecule has 4 rings (SSSR count). The number of rotatable bonds is 3. The quantitative estimate of drug-likeness (QED) is 0.692. The Kier molecular flexibility index (Phi) is 4.49. The molecule has 0 fully saturated rings. The maximum atomic E-state index is 12.7. The van der Waals surface area contributed by atoms with Crippen molar-refractivity contribution in [3.8, 4) is 23.0 Å². The maximum absolute atomic E-state index is 12.7. The zero-order chi connectivity index (χ0) is 19.0. The summed E-state index contributed by atoms with van der Waals surface area (Å²) < 4.78 is 24.5. The number of methoxy groups -OCH3 is 2. The van der Waals surface area contributed by atoms with Crippen molar-refractivity contribution < 1.29 is 23.7 Å². The molecule has 1 aromatic heterocycles. The van der Waals surface area contributed by atoms with E-state index >= 15 is 0 Å². The van der Waals surface area contributed by atoms with E-state index in [1.165, 1.54) is 25.6 Å². The van der Waals surface area contributed by atoms with Gasteiger partial charge in [0.05, 0.1) is 24.4 Å². The van der Waals surface area contributed by atoms with Gasteiger partial charge in [0.15, 0.2) is 16.3 Å². The van der Waals surface area contributed by atoms with E-state index in [1.807, 2.05) is 23.7 Å². The van der Waals surface area contributed by atoms with E-state index < -0.39 is 0 Å². The third-order valence-electron chi connectivity index (χ3n) is 4.27. The van der Waals surface area contributed by atoms with Crippen LogP contribution in [0, 0.1) is 0 Å². The van der Waals surface area contributed by atoms with Gasteiger partial charge in [-0.05, 0) is 12.1 Å². The second-order valence-electron chi connectivity index (χ2n) is 5.93. The lowest BCUT2D eigenvalue weighted by molar-refractivity contribution is 0.0997. The summed E-state index contributed by atoms with van der Waals surface area (Å²) in [6, 6.07) is 8.83. The van der Waals surface area contributed by atoms with Gasteiger partial charge in [0.1, 0.15) is 24.7 Å². The lowest BCUT2D eigenvalue weighted by Crippen LogP contribution is -2.15. The molecule has 0 radical (unpaired) electrons. The lowest BCUT2D eigenvalue weighted by Gasteiger charge is -2.18. The number of aromatic nitrogens is 1. The Labute approximate surface area is 159 Å². The van der Waals surface area contributed by atoms with E-state index in [-0.39, 0.29) is 5.91 Å². The van der Waals surface area contributed by atoms with Crippen molar-refractivity contribution in [1.29, 1.82) is 0 Å². The molecule has 0 saturated carbocycles. The van der Waals surface area contributed by atoms with E-state index in [4.69, 9.17) is 18.9 Å². The molecular formula is C19H18N2O5S. The third-order valence-corrected chi connectivity index (χ3v) is 5.36. The van der Waals surface area contributed by atoms with Gasteiger partial charge in [0, 0.05) is 30.8 Å². The van der Waals surface area contributed by atoms with Gasteiger partial charge in [-0.25, -0.2) is 0 Å². The highest BCUT2D eigenvalue weighted by Crippen LogP contribution is 2.35. The van der Waals surface area contributed by atoms with Crippen LogP contribution in [0.1, 0.15) is 10.4 Å². The van der Waals surface area contributed by atoms with Crippen molar-refractivity contribution >= 4 is 27.5 Å². The highest BCUT2D eigenvalue weighted by Gasteiger charge is 2.16. The Hall–Kier alpha value is -3.00. The molecule has 0 bridgehead atoms. The van der Waals surface area contributed by atoms with Gasteiger partial charge in [-0.15, -0.1) is 0 Å². The van der Waals surface area contributed by atoms with E-state index in [0.29, 0.717) is 46.6 Å². The summed E-state index contributed by atoms with van der Waals surface area (Å²) in [4.78, 5) is 17.6. The number of nitrogens with zero attached hydrogens (tertiary/aromatic N) is 2. The molecular weight excluding hydrogens is 368 g/mol. The Bertz CT molecular complexity index is 1080. The van der Waals surface area contributed by atoms with E-state index in [9.17, 15) is 4.79 Å². The Morgan fingerprint density at radius 1 is 1.04 bits per heavy atom. The van der Waals surface area contributed by atoms with Crippen LogP contribution in [0.2, 0.25) is 0 Å². The number of benzene rings is 2. The first kappa shape index (κ1) is 17.4. The molecule has 0 unspecified atom stereocenters. The predicted molar refractivity (Wildman–Crippen MR) is 101 cm³/mol. The summed E-state index contributed by atoms with van der Waals surface area (Å²) >= 11 is 1.42. The minimum absolute atomic E-state index is 0.369. The van der Waals surface area contributed by atoms with Crippen LogP contribution in [0.15, 0.2) is 35.3 Å². The zero-order valence-electron chi connectivity index (χ0n) is 15.1. The van der Waals surface area contributed by atoms with Crippen LogP contribution in [-0.2, 0) is 7.05 Å². The number of thiazole rings is 1. The molecule has 3 aromatic rings. The molecule has 0 N–H and O–H groups in total. The summed E-state index contributed by atoms with van der Waals surface area (Å²) in [5, 5.41) is 0. The fourth-order valence-corrected chi connectivity index (χ4v) is 3.88. The van der Waals surface area contributed by atoms with E-state index in [2.05, 4.69) is 4.99 Å². The summed E-state index contributed by atoms with van der Waals surface area (Å²) in [5.41, 5.74) is 1.33. The number of carbonyl (C=O) groups is 1. The molecule has 140 valence electrons. The number of fused-ring (bicyclic) bond motifs is 2. The molecule has 8 heteroatoms. The topological polar surface area (TPSA) is 71.3 Å². The molecule has 0 saturated heterocycles. The van der Waals surface area contributed by atoms with Crippen LogP contribution < -0.4 is 23.7 Å². The largest absolute Gasteiger partial charge is 0.497 e. The molecule has 2 heterocycles. The predicted octanol–water partition coefficient (Wildman–Crippen LogP) is 2.77. The molecule has 7 nitrogen and oxygen atoms in total. The van der Waals surface area contributed by atoms with Gasteiger partial charge < -0.3 is 23.5 Å². The van der Waals surface area contributed by atoms with Crippen molar-refractivity contribution in [2.75, 3.05) is 27.4 Å². The van der Waals surface area contributed by atoms with Crippen LogP contribution in [0.25, 0.3) is 10.2 Å². The average Bonchev–Trinajstić information content (AvgIpc) is 3.00. The van der Waals surface area contributed by atoms with Crippen molar-refractivity contribution in [2.24, 2.45) is 12.0 Å². The Morgan fingerprint density at radius 2 is 1.67 bits per heavy atom. The third kappa shape index (κ3) is 3.23. The Morgan fingerprint density at radius 3 is 2.30 bits per heavy atom. The summed E-state index contributed by atoms with van der Waals surface area (Å²) in [7, 11) is 4.95. The lowest BCUT2D eigenvalue weighted by atomic mass is 10.2. The van der Waals surface area contributed by atoms with Crippen molar-refractivity contribution in [1.82, 2.24) is 4.57 Å². The first-order valence-electron chi connectivity index (χ1n) is 8.30. The van der Waals surface area contributed by atoms with E-state index in [0.717, 1.165) is 10.2 Å². The van der Waals surface area contributed by atoms with Crippen molar-refractivity contribution in [2.45, 2.75) is 0 Å². The highest BCUT2D eigenvalue weighted by molar-refractivity contribution is 7.16. The number of hydrogen-bond donors (Lipinski definition) is 0. The fraction of sp³-hybridized carbons (Fsp3) is 0.263. The Balaban J connectivity index is 1.78. The molecule has 1 aliphatic rings. The highest BCUT2D eigenvalue weighted by atomic mass is 32.1. The molecule has 1 amide bonds. The number of ether oxygens (including phenoxy) is 4. The summed E-state index contributed by atoms with van der Waals surface area (Å²) in [5.74, 6) is 2.13. The average molecular weight is 386 g/mol. The van der Waals surface area contributed by atoms with Crippen LogP contribution in [0.4, 0.5) is 0 Å². The van der Waals surface area contributed by atoms with E-state index in [1.54, 1.807) is 18.2 Å². The van der Waals surface area contributed by atoms with Gasteiger partial charge in [-0.1, -0.05) is 11.3 Å².